The number of nitrogens with zero attached hydrogens (tertiary/aromatic N) is 7. The molecule has 0 aromatic carbocycles. The third-order valence-corrected chi connectivity index (χ3v) is 6.49. The van der Waals surface area contributed by atoms with Crippen LogP contribution in [0.5, 0.6) is 0 Å². The molecule has 0 bridgehead atoms. The zero-order valence-corrected chi connectivity index (χ0v) is 21.7. The van der Waals surface area contributed by atoms with Gasteiger partial charge in [0.05, 0.1) is 5.69 Å². The van der Waals surface area contributed by atoms with Gasteiger partial charge in [0.15, 0.2) is 5.16 Å². The highest BCUT2D eigenvalue weighted by molar-refractivity contribution is 7.99. The van der Waals surface area contributed by atoms with Gasteiger partial charge in [-0.15, -0.1) is 22.6 Å². The highest BCUT2D eigenvalue weighted by Gasteiger charge is 2.26. The zero-order valence-electron chi connectivity index (χ0n) is 20.1. The van der Waals surface area contributed by atoms with E-state index in [4.69, 9.17) is 9.97 Å². The predicted octanol–water partition coefficient (Wildman–Crippen LogP) is 3.93. The fraction of sp³-hybridized carbons (Fsp3) is 0.727. The molecule has 1 aliphatic rings. The third kappa shape index (κ3) is 7.05. The molecule has 2 aromatic rings. The molecule has 31 heavy (non-hydrogen) atoms. The van der Waals surface area contributed by atoms with Crippen LogP contribution in [0.15, 0.2) is 17.6 Å². The summed E-state index contributed by atoms with van der Waals surface area (Å²) in [5.41, 5.74) is 1.08. The molecule has 0 radical (unpaired) electrons. The Hall–Kier alpha value is -1.38. The summed E-state index contributed by atoms with van der Waals surface area (Å²) in [6.45, 7) is 18.6. The first kappa shape index (κ1) is 25.9. The van der Waals surface area contributed by atoms with Gasteiger partial charge >= 0.3 is 0 Å². The van der Waals surface area contributed by atoms with Gasteiger partial charge < -0.3 is 9.47 Å². The van der Waals surface area contributed by atoms with Crippen LogP contribution in [0.25, 0.3) is 0 Å². The van der Waals surface area contributed by atoms with Crippen LogP contribution in [-0.4, -0.2) is 68.1 Å². The lowest BCUT2D eigenvalue weighted by molar-refractivity contribution is 0.258. The van der Waals surface area contributed by atoms with E-state index in [1.165, 1.54) is 0 Å². The van der Waals surface area contributed by atoms with Crippen LogP contribution < -0.4 is 4.90 Å². The Morgan fingerprint density at radius 1 is 0.968 bits per heavy atom. The van der Waals surface area contributed by atoms with E-state index in [0.717, 1.165) is 67.4 Å². The largest absolute Gasteiger partial charge is 0.354 e. The van der Waals surface area contributed by atoms with Gasteiger partial charge in [0.1, 0.15) is 18.0 Å². The first-order valence-corrected chi connectivity index (χ1v) is 11.9. The Kier molecular flexibility index (Phi) is 8.76. The molecule has 0 saturated carbocycles. The number of hydrogen-bond acceptors (Lipinski definition) is 7. The number of aryl methyl sites for hydroxylation is 1. The smallest absolute Gasteiger partial charge is 0.190 e. The standard InChI is InChI=1S/C22H37N7S.ClH/c1-21(2,3)17-15-18(25-19(24-17)22(4,5)6)29-12-10-28(11-13-29)9-8-14-30-20-26-23-16-27(20)7;/h15-16H,8-14H2,1-7H3;1H. The minimum atomic E-state index is -0.0573. The molecule has 9 heteroatoms. The normalized spacial score (nSPS) is 15.8. The first-order chi connectivity index (χ1) is 14.0. The second kappa shape index (κ2) is 10.5. The van der Waals surface area contributed by atoms with E-state index < -0.39 is 0 Å². The molecule has 174 valence electrons. The van der Waals surface area contributed by atoms with E-state index >= 15 is 0 Å². The Morgan fingerprint density at radius 3 is 2.19 bits per heavy atom. The van der Waals surface area contributed by atoms with Crippen molar-refractivity contribution in [1.82, 2.24) is 29.6 Å². The Bertz CT molecular complexity index is 801. The molecule has 3 rings (SSSR count). The minimum Gasteiger partial charge on any atom is -0.354 e. The van der Waals surface area contributed by atoms with Crippen LogP contribution in [0.4, 0.5) is 5.82 Å². The summed E-state index contributed by atoms with van der Waals surface area (Å²) in [6.07, 6.45) is 2.91. The van der Waals surface area contributed by atoms with Gasteiger partial charge in [-0.3, -0.25) is 4.90 Å². The molecule has 0 unspecified atom stereocenters. The number of hydrogen-bond donors (Lipinski definition) is 0. The molecule has 3 heterocycles. The van der Waals surface area contributed by atoms with Crippen molar-refractivity contribution in [3.63, 3.8) is 0 Å². The van der Waals surface area contributed by atoms with Crippen molar-refractivity contribution in [3.05, 3.63) is 23.9 Å². The maximum absolute atomic E-state index is 4.96. The molecule has 1 aliphatic heterocycles. The maximum Gasteiger partial charge on any atom is 0.190 e. The van der Waals surface area contributed by atoms with E-state index in [9.17, 15) is 0 Å². The maximum atomic E-state index is 4.96. The summed E-state index contributed by atoms with van der Waals surface area (Å²) in [6, 6.07) is 2.20. The second-order valence-corrected chi connectivity index (χ2v) is 11.3. The number of thioether (sulfide) groups is 1. The van der Waals surface area contributed by atoms with E-state index in [-0.39, 0.29) is 23.2 Å². The molecule has 0 spiro atoms. The van der Waals surface area contributed by atoms with Crippen LogP contribution in [0.1, 0.15) is 59.5 Å². The summed E-state index contributed by atoms with van der Waals surface area (Å²) < 4.78 is 1.98. The molecule has 0 atom stereocenters. The zero-order chi connectivity index (χ0) is 21.9. The number of aromatic nitrogens is 5. The van der Waals surface area contributed by atoms with Gasteiger partial charge in [-0.25, -0.2) is 9.97 Å². The van der Waals surface area contributed by atoms with Gasteiger partial charge in [-0.1, -0.05) is 53.3 Å². The summed E-state index contributed by atoms with van der Waals surface area (Å²) in [5.74, 6) is 3.09. The number of piperazine rings is 1. The topological polar surface area (TPSA) is 63.0 Å². The Balaban J connectivity index is 0.00000341. The molecule has 0 amide bonds. The highest BCUT2D eigenvalue weighted by Crippen LogP contribution is 2.28. The lowest BCUT2D eigenvalue weighted by Gasteiger charge is -2.36. The monoisotopic (exact) mass is 467 g/mol. The van der Waals surface area contributed by atoms with Crippen molar-refractivity contribution in [2.45, 2.75) is 63.9 Å². The Labute approximate surface area is 197 Å². The van der Waals surface area contributed by atoms with E-state index in [2.05, 4.69) is 67.6 Å². The SMILES string of the molecule is Cl.Cn1cnnc1SCCCN1CCN(c2cc(C(C)(C)C)nc(C(C)(C)C)n2)CC1. The van der Waals surface area contributed by atoms with Crippen molar-refractivity contribution in [1.29, 1.82) is 0 Å². The van der Waals surface area contributed by atoms with Crippen LogP contribution in [0.3, 0.4) is 0 Å². The van der Waals surface area contributed by atoms with Gasteiger partial charge in [0.25, 0.3) is 0 Å². The average molecular weight is 468 g/mol. The summed E-state index contributed by atoms with van der Waals surface area (Å²) >= 11 is 1.78. The lowest BCUT2D eigenvalue weighted by Crippen LogP contribution is -2.47. The molecule has 0 N–H and O–H groups in total. The van der Waals surface area contributed by atoms with Crippen molar-refractivity contribution in [2.75, 3.05) is 43.4 Å². The lowest BCUT2D eigenvalue weighted by atomic mass is 9.90. The molecule has 7 nitrogen and oxygen atoms in total. The number of halogens is 1. The molecule has 1 saturated heterocycles. The third-order valence-electron chi connectivity index (χ3n) is 5.37. The van der Waals surface area contributed by atoms with Crippen molar-refractivity contribution in [3.8, 4) is 0 Å². The van der Waals surface area contributed by atoms with Crippen molar-refractivity contribution >= 4 is 30.0 Å². The van der Waals surface area contributed by atoms with Crippen molar-refractivity contribution < 1.29 is 0 Å². The summed E-state index contributed by atoms with van der Waals surface area (Å²) in [7, 11) is 1.99. The molecular formula is C22H38ClN7S. The van der Waals surface area contributed by atoms with Crippen molar-refractivity contribution in [2.24, 2.45) is 7.05 Å². The predicted molar refractivity (Wildman–Crippen MR) is 132 cm³/mol. The molecule has 2 aromatic heterocycles. The molecule has 1 fully saturated rings. The fourth-order valence-electron chi connectivity index (χ4n) is 3.37. The van der Waals surface area contributed by atoms with E-state index in [1.807, 2.05) is 11.6 Å². The first-order valence-electron chi connectivity index (χ1n) is 10.9. The number of anilines is 1. The fourth-order valence-corrected chi connectivity index (χ4v) is 4.18. The quantitative estimate of drug-likeness (QED) is 0.471. The Morgan fingerprint density at radius 2 is 1.65 bits per heavy atom. The van der Waals surface area contributed by atoms with Gasteiger partial charge in [0.2, 0.25) is 0 Å². The van der Waals surface area contributed by atoms with E-state index in [1.54, 1.807) is 18.1 Å². The van der Waals surface area contributed by atoms with Crippen LogP contribution in [0, 0.1) is 0 Å². The second-order valence-electron chi connectivity index (χ2n) is 10.2. The summed E-state index contributed by atoms with van der Waals surface area (Å²) in [4.78, 5) is 14.8. The average Bonchev–Trinajstić information content (AvgIpc) is 3.09. The van der Waals surface area contributed by atoms with Crippen LogP contribution >= 0.6 is 24.2 Å². The van der Waals surface area contributed by atoms with Crippen LogP contribution in [-0.2, 0) is 17.9 Å². The highest BCUT2D eigenvalue weighted by atomic mass is 35.5. The van der Waals surface area contributed by atoms with Gasteiger partial charge in [-0.2, -0.15) is 0 Å². The molecular weight excluding hydrogens is 430 g/mol. The minimum absolute atomic E-state index is 0. The van der Waals surface area contributed by atoms with Gasteiger partial charge in [-0.05, 0) is 13.0 Å². The van der Waals surface area contributed by atoms with Gasteiger partial charge in [0, 0.05) is 55.9 Å². The summed E-state index contributed by atoms with van der Waals surface area (Å²) in [5, 5.41) is 9.06. The molecule has 0 aliphatic carbocycles. The van der Waals surface area contributed by atoms with E-state index in [0.29, 0.717) is 0 Å². The van der Waals surface area contributed by atoms with Crippen LogP contribution in [0.2, 0.25) is 0 Å². The number of rotatable bonds is 6.